The number of pyridine rings is 1. The zero-order chi connectivity index (χ0) is 11.9. The molecule has 0 atom stereocenters. The maximum atomic E-state index is 13.3. The number of nitrogens with zero attached hydrogens (tertiary/aromatic N) is 1. The summed E-state index contributed by atoms with van der Waals surface area (Å²) in [6, 6.07) is 4.12. The van der Waals surface area contributed by atoms with Crippen molar-refractivity contribution in [1.82, 2.24) is 4.98 Å². The summed E-state index contributed by atoms with van der Waals surface area (Å²) in [5.41, 5.74) is 1.02. The van der Waals surface area contributed by atoms with Crippen LogP contribution >= 0.6 is 15.9 Å². The molecule has 82 valence electrons. The molecule has 0 unspecified atom stereocenters. The van der Waals surface area contributed by atoms with Crippen molar-refractivity contribution >= 4 is 32.8 Å². The minimum Gasteiger partial charge on any atom is -0.478 e. The van der Waals surface area contributed by atoms with Gasteiger partial charge >= 0.3 is 5.97 Å². The van der Waals surface area contributed by atoms with Crippen LogP contribution in [0.4, 0.5) is 4.39 Å². The molecule has 0 radical (unpaired) electrons. The average molecular weight is 284 g/mol. The Morgan fingerprint density at radius 2 is 2.12 bits per heavy atom. The quantitative estimate of drug-likeness (QED) is 0.875. The average Bonchev–Trinajstić information content (AvgIpc) is 2.19. The molecule has 0 saturated heterocycles. The summed E-state index contributed by atoms with van der Waals surface area (Å²) >= 11 is 3.02. The van der Waals surface area contributed by atoms with Gasteiger partial charge in [-0.25, -0.2) is 9.18 Å². The van der Waals surface area contributed by atoms with Crippen LogP contribution in [0.25, 0.3) is 10.9 Å². The predicted molar refractivity (Wildman–Crippen MR) is 61.1 cm³/mol. The lowest BCUT2D eigenvalue weighted by atomic mass is 10.1. The van der Waals surface area contributed by atoms with E-state index in [-0.39, 0.29) is 10.0 Å². The van der Waals surface area contributed by atoms with Crippen LogP contribution in [0, 0.1) is 12.7 Å². The second kappa shape index (κ2) is 3.83. The number of carbonyl (C=O) groups is 1. The number of aryl methyl sites for hydroxylation is 1. The van der Waals surface area contributed by atoms with Crippen molar-refractivity contribution < 1.29 is 14.3 Å². The Hall–Kier alpha value is -1.49. The molecule has 1 N–H and O–H groups in total. The second-order valence-corrected chi connectivity index (χ2v) is 4.25. The zero-order valence-corrected chi connectivity index (χ0v) is 9.88. The molecule has 1 aromatic heterocycles. The van der Waals surface area contributed by atoms with E-state index in [9.17, 15) is 9.18 Å². The number of hydrogen-bond acceptors (Lipinski definition) is 2. The normalized spacial score (nSPS) is 10.7. The molecule has 0 fully saturated rings. The first-order chi connectivity index (χ1) is 7.49. The summed E-state index contributed by atoms with van der Waals surface area (Å²) in [5.74, 6) is -1.50. The van der Waals surface area contributed by atoms with Crippen LogP contribution in [-0.2, 0) is 0 Å². The summed E-state index contributed by atoms with van der Waals surface area (Å²) in [6.45, 7) is 1.67. The number of aromatic nitrogens is 1. The monoisotopic (exact) mass is 283 g/mol. The van der Waals surface area contributed by atoms with E-state index < -0.39 is 11.8 Å². The number of hydrogen-bond donors (Lipinski definition) is 1. The number of carboxylic acid groups (broad SMARTS) is 1. The van der Waals surface area contributed by atoms with Crippen LogP contribution in [0.1, 0.15) is 16.1 Å². The van der Waals surface area contributed by atoms with E-state index in [0.29, 0.717) is 16.6 Å². The third-order valence-electron chi connectivity index (χ3n) is 2.21. The van der Waals surface area contributed by atoms with Crippen LogP contribution in [0.5, 0.6) is 0 Å². The first-order valence-corrected chi connectivity index (χ1v) is 5.28. The molecule has 2 aromatic rings. The van der Waals surface area contributed by atoms with Gasteiger partial charge in [0.05, 0.1) is 15.6 Å². The Morgan fingerprint density at radius 1 is 1.44 bits per heavy atom. The van der Waals surface area contributed by atoms with E-state index in [2.05, 4.69) is 20.9 Å². The summed E-state index contributed by atoms with van der Waals surface area (Å²) in [4.78, 5) is 15.1. The Kier molecular flexibility index (Phi) is 2.63. The highest BCUT2D eigenvalue weighted by Gasteiger charge is 2.12. The van der Waals surface area contributed by atoms with Gasteiger partial charge in [0.15, 0.2) is 0 Å². The molecule has 0 aliphatic rings. The molecule has 16 heavy (non-hydrogen) atoms. The van der Waals surface area contributed by atoms with Gasteiger partial charge in [0.1, 0.15) is 5.82 Å². The molecular formula is C11H7BrFNO2. The molecule has 0 aliphatic carbocycles. The molecule has 2 rings (SSSR count). The van der Waals surface area contributed by atoms with Crippen LogP contribution < -0.4 is 0 Å². The van der Waals surface area contributed by atoms with Crippen LogP contribution in [0.3, 0.4) is 0 Å². The molecule has 0 aliphatic heterocycles. The summed E-state index contributed by atoms with van der Waals surface area (Å²) < 4.78 is 13.5. The number of halogens is 2. The second-order valence-electron chi connectivity index (χ2n) is 3.40. The molecule has 3 nitrogen and oxygen atoms in total. The third kappa shape index (κ3) is 1.78. The van der Waals surface area contributed by atoms with Crippen molar-refractivity contribution in [2.45, 2.75) is 6.92 Å². The lowest BCUT2D eigenvalue weighted by Crippen LogP contribution is -2.00. The van der Waals surface area contributed by atoms with Gasteiger partial charge in [0, 0.05) is 17.1 Å². The van der Waals surface area contributed by atoms with E-state index in [1.54, 1.807) is 6.92 Å². The fourth-order valence-corrected chi connectivity index (χ4v) is 1.87. The van der Waals surface area contributed by atoms with E-state index in [1.165, 1.54) is 18.2 Å². The van der Waals surface area contributed by atoms with Gasteiger partial charge in [-0.15, -0.1) is 0 Å². The van der Waals surface area contributed by atoms with Crippen molar-refractivity contribution in [3.8, 4) is 0 Å². The smallest absolute Gasteiger partial charge is 0.336 e. The van der Waals surface area contributed by atoms with Gasteiger partial charge in [-0.2, -0.15) is 0 Å². The van der Waals surface area contributed by atoms with Crippen molar-refractivity contribution in [2.24, 2.45) is 0 Å². The standard InChI is InChI=1S/C11H7BrFNO2/c1-5-2-7(11(15)16)6-3-8(12)9(13)4-10(6)14-5/h2-4H,1H3,(H,15,16). The van der Waals surface area contributed by atoms with Crippen molar-refractivity contribution in [3.05, 3.63) is 39.7 Å². The third-order valence-corrected chi connectivity index (χ3v) is 2.82. The van der Waals surface area contributed by atoms with Crippen molar-refractivity contribution in [2.75, 3.05) is 0 Å². The topological polar surface area (TPSA) is 50.2 Å². The maximum Gasteiger partial charge on any atom is 0.336 e. The molecule has 1 aromatic carbocycles. The molecule has 0 bridgehead atoms. The molecule has 0 amide bonds. The van der Waals surface area contributed by atoms with E-state index in [1.807, 2.05) is 0 Å². The van der Waals surface area contributed by atoms with Gasteiger partial charge in [-0.1, -0.05) is 0 Å². The lowest BCUT2D eigenvalue weighted by Gasteiger charge is -2.05. The van der Waals surface area contributed by atoms with Crippen LogP contribution in [0.2, 0.25) is 0 Å². The highest BCUT2D eigenvalue weighted by molar-refractivity contribution is 9.10. The fraction of sp³-hybridized carbons (Fsp3) is 0.0909. The largest absolute Gasteiger partial charge is 0.478 e. The summed E-state index contributed by atoms with van der Waals surface area (Å²) in [6.07, 6.45) is 0. The Balaban J connectivity index is 2.90. The van der Waals surface area contributed by atoms with Crippen molar-refractivity contribution in [3.63, 3.8) is 0 Å². The Morgan fingerprint density at radius 3 is 2.75 bits per heavy atom. The molecular weight excluding hydrogens is 277 g/mol. The highest BCUT2D eigenvalue weighted by Crippen LogP contribution is 2.25. The molecule has 0 saturated carbocycles. The maximum absolute atomic E-state index is 13.3. The number of aromatic carboxylic acids is 1. The first kappa shape index (κ1) is 11.0. The number of rotatable bonds is 1. The van der Waals surface area contributed by atoms with Gasteiger partial charge in [0.2, 0.25) is 0 Å². The van der Waals surface area contributed by atoms with Gasteiger partial charge < -0.3 is 5.11 Å². The minimum atomic E-state index is -1.05. The van der Waals surface area contributed by atoms with Gasteiger partial charge in [0.25, 0.3) is 0 Å². The van der Waals surface area contributed by atoms with E-state index in [0.717, 1.165) is 0 Å². The highest BCUT2D eigenvalue weighted by atomic mass is 79.9. The summed E-state index contributed by atoms with van der Waals surface area (Å²) in [5, 5.41) is 9.45. The number of carboxylic acids is 1. The Bertz CT molecular complexity index is 598. The van der Waals surface area contributed by atoms with Gasteiger partial charge in [-0.3, -0.25) is 4.98 Å². The van der Waals surface area contributed by atoms with Crippen LogP contribution in [0.15, 0.2) is 22.7 Å². The zero-order valence-electron chi connectivity index (χ0n) is 8.29. The lowest BCUT2D eigenvalue weighted by molar-refractivity contribution is 0.0699. The van der Waals surface area contributed by atoms with Crippen LogP contribution in [-0.4, -0.2) is 16.1 Å². The number of benzene rings is 1. The first-order valence-electron chi connectivity index (χ1n) is 4.48. The Labute approximate surface area is 99.1 Å². The number of fused-ring (bicyclic) bond motifs is 1. The van der Waals surface area contributed by atoms with E-state index >= 15 is 0 Å². The van der Waals surface area contributed by atoms with Gasteiger partial charge in [-0.05, 0) is 35.0 Å². The minimum absolute atomic E-state index is 0.128. The SMILES string of the molecule is Cc1cc(C(=O)O)c2cc(Br)c(F)cc2n1. The molecule has 0 spiro atoms. The molecule has 5 heteroatoms. The van der Waals surface area contributed by atoms with E-state index in [4.69, 9.17) is 5.11 Å². The fourth-order valence-electron chi connectivity index (χ4n) is 1.53. The molecule has 1 heterocycles. The summed E-state index contributed by atoms with van der Waals surface area (Å²) in [7, 11) is 0. The van der Waals surface area contributed by atoms with Crippen molar-refractivity contribution in [1.29, 1.82) is 0 Å². The predicted octanol–water partition coefficient (Wildman–Crippen LogP) is 3.14.